The van der Waals surface area contributed by atoms with Crippen LogP contribution >= 0.6 is 11.9 Å². The molecule has 2 amide bonds. The molecule has 0 unspecified atom stereocenters. The molecule has 2 heterocycles. The first-order valence-corrected chi connectivity index (χ1v) is 10.6. The molecule has 3 aromatic rings. The van der Waals surface area contributed by atoms with Crippen LogP contribution in [0.2, 0.25) is 0 Å². The van der Waals surface area contributed by atoms with Crippen LogP contribution in [0.15, 0.2) is 60.8 Å². The molecule has 154 valence electrons. The summed E-state index contributed by atoms with van der Waals surface area (Å²) in [4.78, 5) is 17.8. The van der Waals surface area contributed by atoms with Gasteiger partial charge in [0, 0.05) is 30.2 Å². The number of aromatic nitrogens is 1. The van der Waals surface area contributed by atoms with Gasteiger partial charge in [-0.3, -0.25) is 5.32 Å². The van der Waals surface area contributed by atoms with Gasteiger partial charge in [0.2, 0.25) is 0 Å². The number of anilines is 2. The number of halogens is 1. The second kappa shape index (κ2) is 9.04. The van der Waals surface area contributed by atoms with E-state index in [-0.39, 0.29) is 11.8 Å². The molecule has 0 saturated carbocycles. The average Bonchev–Trinajstić information content (AvgIpc) is 2.76. The third-order valence-electron chi connectivity index (χ3n) is 4.68. The standard InChI is InChI=1S/C22H21FN4O2S/c1-2-27-13-17-19(10-11-24-21(17)25-22(27)28)29-20-9-8-16(12-18(20)23)26-30-14-15-6-4-3-5-7-15/h3-12,26H,2,13-14H2,1H3,(H,24,25,28). The molecule has 0 spiro atoms. The summed E-state index contributed by atoms with van der Waals surface area (Å²) >= 11 is 1.49. The van der Waals surface area contributed by atoms with Gasteiger partial charge in [0.05, 0.1) is 12.1 Å². The summed E-state index contributed by atoms with van der Waals surface area (Å²) in [6, 6.07) is 16.3. The smallest absolute Gasteiger partial charge is 0.323 e. The minimum absolute atomic E-state index is 0.113. The van der Waals surface area contributed by atoms with Gasteiger partial charge in [0.1, 0.15) is 11.6 Å². The van der Waals surface area contributed by atoms with Crippen molar-refractivity contribution in [3.05, 3.63) is 77.7 Å². The minimum atomic E-state index is -0.474. The van der Waals surface area contributed by atoms with Crippen molar-refractivity contribution >= 4 is 29.5 Å². The molecule has 1 aromatic heterocycles. The number of benzene rings is 2. The molecule has 30 heavy (non-hydrogen) atoms. The molecule has 0 radical (unpaired) electrons. The number of hydrogen-bond acceptors (Lipinski definition) is 5. The zero-order chi connectivity index (χ0) is 20.9. The molecule has 6 nitrogen and oxygen atoms in total. The van der Waals surface area contributed by atoms with Crippen LogP contribution < -0.4 is 14.8 Å². The van der Waals surface area contributed by atoms with E-state index in [1.54, 1.807) is 23.1 Å². The summed E-state index contributed by atoms with van der Waals surface area (Å²) in [5.74, 6) is 1.32. The van der Waals surface area contributed by atoms with Crippen molar-refractivity contribution in [2.45, 2.75) is 19.2 Å². The Labute approximate surface area is 178 Å². The predicted molar refractivity (Wildman–Crippen MR) is 117 cm³/mol. The van der Waals surface area contributed by atoms with Crippen LogP contribution in [0.25, 0.3) is 0 Å². The summed E-state index contributed by atoms with van der Waals surface area (Å²) in [5.41, 5.74) is 2.56. The Hall–Kier alpha value is -3.26. The third kappa shape index (κ3) is 4.49. The van der Waals surface area contributed by atoms with Crippen LogP contribution in [0.4, 0.5) is 20.7 Å². The average molecular weight is 425 g/mol. The van der Waals surface area contributed by atoms with Crippen molar-refractivity contribution in [2.75, 3.05) is 16.6 Å². The zero-order valence-electron chi connectivity index (χ0n) is 16.4. The van der Waals surface area contributed by atoms with Crippen LogP contribution in [-0.4, -0.2) is 22.5 Å². The predicted octanol–water partition coefficient (Wildman–Crippen LogP) is 5.64. The molecule has 2 N–H and O–H groups in total. The maximum absolute atomic E-state index is 14.7. The Kier molecular flexibility index (Phi) is 6.04. The van der Waals surface area contributed by atoms with Gasteiger partial charge >= 0.3 is 6.03 Å². The number of carbonyl (C=O) groups excluding carboxylic acids is 1. The quantitative estimate of drug-likeness (QED) is 0.481. The van der Waals surface area contributed by atoms with Crippen LogP contribution in [0, 0.1) is 5.82 Å². The molecule has 8 heteroatoms. The Morgan fingerprint density at radius 2 is 2.03 bits per heavy atom. The van der Waals surface area contributed by atoms with E-state index in [1.807, 2.05) is 37.3 Å². The third-order valence-corrected chi connectivity index (χ3v) is 5.54. The molecule has 4 rings (SSSR count). The van der Waals surface area contributed by atoms with Crippen LogP contribution in [0.3, 0.4) is 0 Å². The van der Waals surface area contributed by atoms with Crippen LogP contribution in [-0.2, 0) is 12.3 Å². The van der Waals surface area contributed by atoms with Gasteiger partial charge in [-0.15, -0.1) is 0 Å². The number of urea groups is 1. The fourth-order valence-electron chi connectivity index (χ4n) is 3.07. The highest BCUT2D eigenvalue weighted by Gasteiger charge is 2.25. The minimum Gasteiger partial charge on any atom is -0.454 e. The molecule has 2 aromatic carbocycles. The fourth-order valence-corrected chi connectivity index (χ4v) is 3.80. The summed E-state index contributed by atoms with van der Waals surface area (Å²) < 4.78 is 23.6. The Morgan fingerprint density at radius 1 is 1.20 bits per heavy atom. The molecule has 1 aliphatic heterocycles. The first-order valence-electron chi connectivity index (χ1n) is 9.57. The molecule has 1 aliphatic rings. The van der Waals surface area contributed by atoms with E-state index in [1.165, 1.54) is 29.8 Å². The van der Waals surface area contributed by atoms with Crippen molar-refractivity contribution in [1.82, 2.24) is 9.88 Å². The SMILES string of the molecule is CCN1Cc2c(Oc3ccc(NSCc4ccccc4)cc3F)ccnc2NC1=O. The lowest BCUT2D eigenvalue weighted by molar-refractivity contribution is 0.209. The molecule has 0 bridgehead atoms. The van der Waals surface area contributed by atoms with Crippen molar-refractivity contribution in [3.63, 3.8) is 0 Å². The number of amides is 2. The Morgan fingerprint density at radius 3 is 2.80 bits per heavy atom. The summed E-state index contributed by atoms with van der Waals surface area (Å²) in [7, 11) is 0. The second-order valence-corrected chi connectivity index (χ2v) is 7.49. The van der Waals surface area contributed by atoms with Gasteiger partial charge in [-0.1, -0.05) is 30.3 Å². The molecule has 0 aliphatic carbocycles. The van der Waals surface area contributed by atoms with Crippen molar-refractivity contribution < 1.29 is 13.9 Å². The van der Waals surface area contributed by atoms with Crippen molar-refractivity contribution in [2.24, 2.45) is 0 Å². The topological polar surface area (TPSA) is 66.5 Å². The highest BCUT2D eigenvalue weighted by molar-refractivity contribution is 7.99. The molecule has 0 fully saturated rings. The number of fused-ring (bicyclic) bond motifs is 1. The van der Waals surface area contributed by atoms with Crippen LogP contribution in [0.1, 0.15) is 18.1 Å². The molecule has 0 atom stereocenters. The maximum atomic E-state index is 14.7. The van der Waals surface area contributed by atoms with Gasteiger partial charge in [-0.05, 0) is 42.6 Å². The molecular weight excluding hydrogens is 403 g/mol. The first kappa shape index (κ1) is 20.0. The summed E-state index contributed by atoms with van der Waals surface area (Å²) in [5, 5.41) is 2.74. The Bertz CT molecular complexity index is 1050. The van der Waals surface area contributed by atoms with E-state index >= 15 is 0 Å². The number of ether oxygens (including phenoxy) is 1. The van der Waals surface area contributed by atoms with Crippen molar-refractivity contribution in [1.29, 1.82) is 0 Å². The summed E-state index contributed by atoms with van der Waals surface area (Å²) in [6.45, 7) is 2.80. The lowest BCUT2D eigenvalue weighted by Gasteiger charge is -2.28. The van der Waals surface area contributed by atoms with Crippen LogP contribution in [0.5, 0.6) is 11.5 Å². The molecule has 0 saturated heterocycles. The van der Waals surface area contributed by atoms with E-state index in [2.05, 4.69) is 15.0 Å². The van der Waals surface area contributed by atoms with E-state index < -0.39 is 5.82 Å². The number of nitrogens with one attached hydrogen (secondary N) is 2. The lowest BCUT2D eigenvalue weighted by Crippen LogP contribution is -2.38. The highest BCUT2D eigenvalue weighted by Crippen LogP contribution is 2.34. The largest absolute Gasteiger partial charge is 0.454 e. The van der Waals surface area contributed by atoms with E-state index in [0.29, 0.717) is 30.3 Å². The van der Waals surface area contributed by atoms with E-state index in [9.17, 15) is 9.18 Å². The zero-order valence-corrected chi connectivity index (χ0v) is 17.2. The Balaban J connectivity index is 1.44. The van der Waals surface area contributed by atoms with Gasteiger partial charge in [-0.25, -0.2) is 14.2 Å². The van der Waals surface area contributed by atoms with Gasteiger partial charge in [0.25, 0.3) is 0 Å². The maximum Gasteiger partial charge on any atom is 0.323 e. The normalized spacial score (nSPS) is 12.9. The second-order valence-electron chi connectivity index (χ2n) is 6.70. The van der Waals surface area contributed by atoms with Gasteiger partial charge < -0.3 is 14.4 Å². The number of pyridine rings is 1. The van der Waals surface area contributed by atoms with Gasteiger partial charge in [-0.2, -0.15) is 0 Å². The number of hydrogen-bond donors (Lipinski definition) is 2. The highest BCUT2D eigenvalue weighted by atomic mass is 32.2. The number of carbonyl (C=O) groups is 1. The first-order chi connectivity index (χ1) is 14.6. The fraction of sp³-hybridized carbons (Fsp3) is 0.182. The lowest BCUT2D eigenvalue weighted by atomic mass is 10.2. The van der Waals surface area contributed by atoms with Gasteiger partial charge in [0.15, 0.2) is 11.6 Å². The summed E-state index contributed by atoms with van der Waals surface area (Å²) in [6.07, 6.45) is 1.53. The van der Waals surface area contributed by atoms with E-state index in [0.717, 1.165) is 11.3 Å². The number of nitrogens with zero attached hydrogens (tertiary/aromatic N) is 2. The number of rotatable bonds is 7. The monoisotopic (exact) mass is 424 g/mol. The molecular formula is C22H21FN4O2S. The van der Waals surface area contributed by atoms with E-state index in [4.69, 9.17) is 4.74 Å². The van der Waals surface area contributed by atoms with Crippen molar-refractivity contribution in [3.8, 4) is 11.5 Å².